The minimum atomic E-state index is -0.724. The molecule has 0 spiro atoms. The average molecular weight is 835 g/mol. The average Bonchev–Trinajstić information content (AvgIpc) is 3.07. The lowest BCUT2D eigenvalue weighted by atomic mass is 10.2. The number of aryl methyl sites for hydroxylation is 2. The van der Waals surface area contributed by atoms with Crippen LogP contribution in [0.3, 0.4) is 0 Å². The first-order chi connectivity index (χ1) is 24.2. The second kappa shape index (κ2) is 20.2. The normalized spacial score (nSPS) is 11.1. The highest BCUT2D eigenvalue weighted by Gasteiger charge is 2.28. The SMILES string of the molecule is COCCNCc1ccc(N(C(=O)OC(C)(C)C)c2cc(Br)cn(C)c2=O)nc1.COCCNCc1ccc(Nc2cc(Br)cn(C)c2=O)nc1. The fraction of sp³-hybridized carbons (Fsp3) is 0.400. The van der Waals surface area contributed by atoms with E-state index in [-0.39, 0.29) is 16.8 Å². The number of methoxy groups -OCH3 is 2. The van der Waals surface area contributed by atoms with E-state index in [0.29, 0.717) is 41.6 Å². The van der Waals surface area contributed by atoms with Crippen molar-refractivity contribution in [1.82, 2.24) is 29.7 Å². The Morgan fingerprint density at radius 3 is 1.88 bits per heavy atom. The topological polar surface area (TPSA) is 154 Å². The van der Waals surface area contributed by atoms with Crippen LogP contribution < -0.4 is 32.0 Å². The van der Waals surface area contributed by atoms with Crippen molar-refractivity contribution in [2.75, 3.05) is 50.7 Å². The summed E-state index contributed by atoms with van der Waals surface area (Å²) in [5, 5.41) is 9.52. The highest BCUT2D eigenvalue weighted by molar-refractivity contribution is 9.10. The van der Waals surface area contributed by atoms with Crippen molar-refractivity contribution in [3.8, 4) is 0 Å². The predicted molar refractivity (Wildman–Crippen MR) is 206 cm³/mol. The Balaban J connectivity index is 0.000000286. The molecule has 4 aromatic rings. The van der Waals surface area contributed by atoms with E-state index in [9.17, 15) is 14.4 Å². The van der Waals surface area contributed by atoms with Crippen LogP contribution in [0.25, 0.3) is 0 Å². The predicted octanol–water partition coefficient (Wildman–Crippen LogP) is 5.37. The summed E-state index contributed by atoms with van der Waals surface area (Å²) in [5.41, 5.74) is 1.48. The number of carbonyl (C=O) groups excluding carboxylic acids is 1. The number of nitrogens with one attached hydrogen (secondary N) is 3. The number of nitrogens with zero attached hydrogens (tertiary/aromatic N) is 5. The molecule has 4 heterocycles. The number of amides is 1. The van der Waals surface area contributed by atoms with Gasteiger partial charge in [0.25, 0.3) is 11.1 Å². The molecular formula is C35H46Br2N8O6. The van der Waals surface area contributed by atoms with Gasteiger partial charge in [-0.1, -0.05) is 12.1 Å². The van der Waals surface area contributed by atoms with Crippen LogP contribution in [0.1, 0.15) is 31.9 Å². The maximum absolute atomic E-state index is 12.9. The molecule has 14 nitrogen and oxygen atoms in total. The van der Waals surface area contributed by atoms with Gasteiger partial charge in [0.05, 0.1) is 13.2 Å². The molecule has 0 saturated carbocycles. The van der Waals surface area contributed by atoms with E-state index in [4.69, 9.17) is 14.2 Å². The van der Waals surface area contributed by atoms with Crippen molar-refractivity contribution in [2.24, 2.45) is 14.1 Å². The van der Waals surface area contributed by atoms with E-state index in [1.807, 2.05) is 18.2 Å². The molecule has 0 bridgehead atoms. The standard InChI is InChI=1S/C20H27BrN4O4.C15H19BrN4O2/c1-20(2,3)29-19(27)25(16-10-15(21)13-24(4)18(16)26)17-7-6-14(12-23-17)11-22-8-9-28-5;1-20-10-12(16)7-13(15(20)21)19-14-4-3-11(9-18-14)8-17-5-6-22-2/h6-7,10,12-13,22H,8-9,11H2,1-5H3;3-4,7,9-10,17H,5-6,8H2,1-2H3,(H,18,19). The Labute approximate surface area is 314 Å². The number of hydrogen-bond acceptors (Lipinski definition) is 11. The second-order valence-electron chi connectivity index (χ2n) is 12.3. The molecule has 0 unspecified atom stereocenters. The number of rotatable bonds is 14. The molecule has 1 amide bonds. The summed E-state index contributed by atoms with van der Waals surface area (Å²) in [4.78, 5) is 47.6. The number of anilines is 4. The number of aromatic nitrogens is 4. The molecule has 0 aliphatic rings. The number of carbonyl (C=O) groups is 1. The minimum absolute atomic E-state index is 0.102. The molecule has 0 aliphatic carbocycles. The first-order valence-corrected chi connectivity index (χ1v) is 17.6. The molecule has 4 aromatic heterocycles. The molecule has 0 atom stereocenters. The number of hydrogen-bond donors (Lipinski definition) is 3. The Morgan fingerprint density at radius 2 is 1.37 bits per heavy atom. The minimum Gasteiger partial charge on any atom is -0.443 e. The number of ether oxygens (including phenoxy) is 3. The first-order valence-electron chi connectivity index (χ1n) is 16.0. The molecular weight excluding hydrogens is 788 g/mol. The van der Waals surface area contributed by atoms with Crippen molar-refractivity contribution in [3.05, 3.63) is 102 Å². The molecule has 51 heavy (non-hydrogen) atoms. The highest BCUT2D eigenvalue weighted by Crippen LogP contribution is 2.26. The van der Waals surface area contributed by atoms with Crippen LogP contribution in [0, 0.1) is 0 Å². The van der Waals surface area contributed by atoms with Gasteiger partial charge in [-0.15, -0.1) is 0 Å². The van der Waals surface area contributed by atoms with Crippen LogP contribution in [0.2, 0.25) is 0 Å². The van der Waals surface area contributed by atoms with Gasteiger partial charge < -0.3 is 39.3 Å². The third-order valence-electron chi connectivity index (χ3n) is 6.85. The van der Waals surface area contributed by atoms with E-state index in [1.54, 1.807) is 92.1 Å². The highest BCUT2D eigenvalue weighted by atomic mass is 79.9. The van der Waals surface area contributed by atoms with Gasteiger partial charge in [0.15, 0.2) is 0 Å². The maximum Gasteiger partial charge on any atom is 0.420 e. The summed E-state index contributed by atoms with van der Waals surface area (Å²) < 4.78 is 19.9. The molecule has 0 aromatic carbocycles. The molecule has 0 saturated heterocycles. The summed E-state index contributed by atoms with van der Waals surface area (Å²) >= 11 is 6.75. The lowest BCUT2D eigenvalue weighted by Gasteiger charge is -2.26. The van der Waals surface area contributed by atoms with E-state index >= 15 is 0 Å². The molecule has 0 fully saturated rings. The third kappa shape index (κ3) is 13.6. The van der Waals surface area contributed by atoms with Crippen LogP contribution in [-0.2, 0) is 41.4 Å². The third-order valence-corrected chi connectivity index (χ3v) is 7.72. The largest absolute Gasteiger partial charge is 0.443 e. The smallest absolute Gasteiger partial charge is 0.420 e. The Bertz CT molecular complexity index is 1830. The van der Waals surface area contributed by atoms with Gasteiger partial charge in [-0.2, -0.15) is 0 Å². The van der Waals surface area contributed by atoms with Crippen LogP contribution >= 0.6 is 31.9 Å². The molecule has 16 heteroatoms. The number of pyridine rings is 4. The van der Waals surface area contributed by atoms with Crippen LogP contribution in [0.4, 0.5) is 27.8 Å². The lowest BCUT2D eigenvalue weighted by molar-refractivity contribution is 0.0597. The van der Waals surface area contributed by atoms with E-state index < -0.39 is 11.7 Å². The van der Waals surface area contributed by atoms with Crippen LogP contribution in [0.15, 0.2) is 79.7 Å². The van der Waals surface area contributed by atoms with Gasteiger partial charge in [-0.25, -0.2) is 19.7 Å². The zero-order chi connectivity index (χ0) is 37.6. The van der Waals surface area contributed by atoms with E-state index in [1.165, 1.54) is 14.0 Å². The van der Waals surface area contributed by atoms with Gasteiger partial charge in [0.2, 0.25) is 0 Å². The zero-order valence-electron chi connectivity index (χ0n) is 30.0. The summed E-state index contributed by atoms with van der Waals surface area (Å²) in [6.45, 7) is 9.46. The van der Waals surface area contributed by atoms with Crippen molar-refractivity contribution in [2.45, 2.75) is 39.5 Å². The van der Waals surface area contributed by atoms with Gasteiger partial charge in [-0.05, 0) is 88.0 Å². The Morgan fingerprint density at radius 1 is 0.824 bits per heavy atom. The monoisotopic (exact) mass is 832 g/mol. The zero-order valence-corrected chi connectivity index (χ0v) is 33.1. The second-order valence-corrected chi connectivity index (χ2v) is 14.1. The van der Waals surface area contributed by atoms with E-state index in [2.05, 4.69) is 57.8 Å². The van der Waals surface area contributed by atoms with Gasteiger partial charge in [-0.3, -0.25) is 9.59 Å². The quantitative estimate of drug-likeness (QED) is 0.141. The van der Waals surface area contributed by atoms with Crippen molar-refractivity contribution in [3.63, 3.8) is 0 Å². The van der Waals surface area contributed by atoms with Gasteiger partial charge in [0, 0.05) is 88.2 Å². The van der Waals surface area contributed by atoms with Gasteiger partial charge >= 0.3 is 6.09 Å². The maximum atomic E-state index is 12.9. The fourth-order valence-electron chi connectivity index (χ4n) is 4.41. The van der Waals surface area contributed by atoms with E-state index in [0.717, 1.165) is 35.2 Å². The first kappa shape index (κ1) is 41.5. The fourth-order valence-corrected chi connectivity index (χ4v) is 5.47. The lowest BCUT2D eigenvalue weighted by Crippen LogP contribution is -2.37. The molecule has 0 aliphatic heterocycles. The van der Waals surface area contributed by atoms with Crippen LogP contribution in [0.5, 0.6) is 0 Å². The molecule has 0 radical (unpaired) electrons. The molecule has 4 rings (SSSR count). The van der Waals surface area contributed by atoms with Crippen molar-refractivity contribution < 1.29 is 19.0 Å². The molecule has 3 N–H and O–H groups in total. The molecule has 276 valence electrons. The number of halogens is 2. The van der Waals surface area contributed by atoms with Gasteiger partial charge in [0.1, 0.15) is 28.6 Å². The van der Waals surface area contributed by atoms with Crippen LogP contribution in [-0.4, -0.2) is 71.3 Å². The Hall–Kier alpha value is -3.93. The van der Waals surface area contributed by atoms with Crippen molar-refractivity contribution in [1.29, 1.82) is 0 Å². The summed E-state index contributed by atoms with van der Waals surface area (Å²) in [6.07, 6.45) is 6.11. The summed E-state index contributed by atoms with van der Waals surface area (Å²) in [5.74, 6) is 0.936. The Kier molecular flexibility index (Phi) is 16.4. The summed E-state index contributed by atoms with van der Waals surface area (Å²) in [6, 6.07) is 10.7. The summed E-state index contributed by atoms with van der Waals surface area (Å²) in [7, 11) is 6.65. The van der Waals surface area contributed by atoms with Crippen molar-refractivity contribution >= 4 is 61.0 Å².